The number of H-pyrrole nitrogens is 1. The van der Waals surface area contributed by atoms with Crippen molar-refractivity contribution >= 4 is 17.9 Å². The Kier molecular flexibility index (Phi) is 5.95. The molecule has 0 aliphatic carbocycles. The van der Waals surface area contributed by atoms with E-state index in [9.17, 15) is 14.4 Å². The minimum absolute atomic E-state index is 0.0957. The quantitative estimate of drug-likeness (QED) is 0.775. The first kappa shape index (κ1) is 18.7. The molecule has 0 fully saturated rings. The van der Waals surface area contributed by atoms with Crippen LogP contribution in [0.1, 0.15) is 55.0 Å². The summed E-state index contributed by atoms with van der Waals surface area (Å²) in [5, 5.41) is 9.00. The monoisotopic (exact) mass is 325 g/mol. The first-order valence-electron chi connectivity index (χ1n) is 7.36. The number of carbonyl (C=O) groups excluding carboxylic acids is 2. The molecule has 0 aliphatic rings. The number of carboxylic acids is 1. The van der Waals surface area contributed by atoms with Crippen LogP contribution in [0.5, 0.6) is 0 Å². The summed E-state index contributed by atoms with van der Waals surface area (Å²) < 4.78 is 10.2. The Morgan fingerprint density at radius 1 is 1.17 bits per heavy atom. The van der Waals surface area contributed by atoms with Crippen molar-refractivity contribution in [3.8, 4) is 0 Å². The molecule has 0 aromatic carbocycles. The van der Waals surface area contributed by atoms with E-state index < -0.39 is 23.5 Å². The van der Waals surface area contributed by atoms with Crippen LogP contribution >= 0.6 is 0 Å². The molecular weight excluding hydrogens is 302 g/mol. The van der Waals surface area contributed by atoms with Crippen LogP contribution in [0, 0.1) is 6.92 Å². The average Bonchev–Trinajstić information content (AvgIpc) is 2.65. The molecule has 1 rings (SSSR count). The van der Waals surface area contributed by atoms with Gasteiger partial charge in [0.25, 0.3) is 0 Å². The molecular formula is C16H23NO6. The predicted molar refractivity (Wildman–Crippen MR) is 82.4 cm³/mol. The van der Waals surface area contributed by atoms with Crippen LogP contribution in [0.3, 0.4) is 0 Å². The van der Waals surface area contributed by atoms with Gasteiger partial charge in [-0.05, 0) is 45.7 Å². The molecule has 7 nitrogen and oxygen atoms in total. The van der Waals surface area contributed by atoms with Crippen LogP contribution in [0.2, 0.25) is 0 Å². The summed E-state index contributed by atoms with van der Waals surface area (Å²) in [6, 6.07) is 0. The first-order chi connectivity index (χ1) is 10.5. The Balaban J connectivity index is 3.18. The van der Waals surface area contributed by atoms with E-state index in [0.717, 1.165) is 0 Å². The SMILES string of the molecule is CCOC(=O)Cc1c(CC(=O)O)[nH]c(C(=O)OC(C)(C)C)c1C. The van der Waals surface area contributed by atoms with E-state index in [0.29, 0.717) is 16.8 Å². The Bertz CT molecular complexity index is 609. The third-order valence-corrected chi connectivity index (χ3v) is 3.03. The second-order valence-corrected chi connectivity index (χ2v) is 6.14. The van der Waals surface area contributed by atoms with Gasteiger partial charge >= 0.3 is 17.9 Å². The standard InChI is InChI=1S/C16H23NO6/c1-6-22-13(20)7-10-9(2)14(15(21)23-16(3,4)5)17-11(10)8-12(18)19/h17H,6-8H2,1-5H3,(H,18,19). The second-order valence-electron chi connectivity index (χ2n) is 6.14. The number of nitrogens with one attached hydrogen (secondary N) is 1. The molecule has 0 saturated carbocycles. The van der Waals surface area contributed by atoms with Gasteiger partial charge in [-0.2, -0.15) is 0 Å². The zero-order valence-corrected chi connectivity index (χ0v) is 14.1. The summed E-state index contributed by atoms with van der Waals surface area (Å²) in [5.74, 6) is -2.12. The highest BCUT2D eigenvalue weighted by molar-refractivity contribution is 5.91. The molecule has 0 atom stereocenters. The Morgan fingerprint density at radius 3 is 2.26 bits per heavy atom. The Labute approximate surface area is 135 Å². The van der Waals surface area contributed by atoms with Crippen molar-refractivity contribution in [3.63, 3.8) is 0 Å². The number of aliphatic carboxylic acids is 1. The maximum Gasteiger partial charge on any atom is 0.355 e. The number of aromatic amines is 1. The van der Waals surface area contributed by atoms with E-state index in [1.165, 1.54) is 0 Å². The van der Waals surface area contributed by atoms with E-state index >= 15 is 0 Å². The number of hydrogen-bond acceptors (Lipinski definition) is 5. The molecule has 0 spiro atoms. The van der Waals surface area contributed by atoms with Crippen LogP contribution < -0.4 is 0 Å². The van der Waals surface area contributed by atoms with Gasteiger partial charge in [0.1, 0.15) is 11.3 Å². The van der Waals surface area contributed by atoms with E-state index in [2.05, 4.69) is 4.98 Å². The highest BCUT2D eigenvalue weighted by atomic mass is 16.6. The molecule has 1 aromatic rings. The summed E-state index contributed by atoms with van der Waals surface area (Å²) >= 11 is 0. The van der Waals surface area contributed by atoms with Gasteiger partial charge in [-0.25, -0.2) is 4.79 Å². The van der Waals surface area contributed by atoms with E-state index in [1.54, 1.807) is 34.6 Å². The largest absolute Gasteiger partial charge is 0.481 e. The lowest BCUT2D eigenvalue weighted by Gasteiger charge is -2.19. The molecule has 23 heavy (non-hydrogen) atoms. The number of rotatable bonds is 6. The smallest absolute Gasteiger partial charge is 0.355 e. The lowest BCUT2D eigenvalue weighted by Crippen LogP contribution is -2.24. The molecule has 0 aliphatic heterocycles. The number of ether oxygens (including phenoxy) is 2. The van der Waals surface area contributed by atoms with Crippen molar-refractivity contribution in [3.05, 3.63) is 22.5 Å². The van der Waals surface area contributed by atoms with Crippen molar-refractivity contribution in [1.29, 1.82) is 0 Å². The normalized spacial score (nSPS) is 11.2. The van der Waals surface area contributed by atoms with Gasteiger partial charge in [0, 0.05) is 5.69 Å². The zero-order valence-electron chi connectivity index (χ0n) is 14.1. The molecule has 2 N–H and O–H groups in total. The van der Waals surface area contributed by atoms with Crippen LogP contribution in [0.15, 0.2) is 0 Å². The maximum absolute atomic E-state index is 12.2. The van der Waals surface area contributed by atoms with Gasteiger partial charge in [0.05, 0.1) is 19.4 Å². The van der Waals surface area contributed by atoms with E-state index in [1.807, 2.05) is 0 Å². The van der Waals surface area contributed by atoms with E-state index in [4.69, 9.17) is 14.6 Å². The lowest BCUT2D eigenvalue weighted by atomic mass is 10.0. The second kappa shape index (κ2) is 7.30. The fourth-order valence-electron chi connectivity index (χ4n) is 2.13. The highest BCUT2D eigenvalue weighted by Crippen LogP contribution is 2.23. The van der Waals surface area contributed by atoms with Gasteiger partial charge in [0.15, 0.2) is 0 Å². The molecule has 0 bridgehead atoms. The summed E-state index contributed by atoms with van der Waals surface area (Å²) in [6.45, 7) is 8.78. The Morgan fingerprint density at radius 2 is 1.78 bits per heavy atom. The minimum Gasteiger partial charge on any atom is -0.481 e. The predicted octanol–water partition coefficient (Wildman–Crippen LogP) is 2.01. The summed E-state index contributed by atoms with van der Waals surface area (Å²) in [4.78, 5) is 37.7. The summed E-state index contributed by atoms with van der Waals surface area (Å²) in [7, 11) is 0. The Hall–Kier alpha value is -2.31. The van der Waals surface area contributed by atoms with Gasteiger partial charge in [0.2, 0.25) is 0 Å². The lowest BCUT2D eigenvalue weighted by molar-refractivity contribution is -0.142. The molecule has 7 heteroatoms. The fourth-order valence-corrected chi connectivity index (χ4v) is 2.13. The molecule has 1 aromatic heterocycles. The zero-order chi connectivity index (χ0) is 17.8. The highest BCUT2D eigenvalue weighted by Gasteiger charge is 2.26. The van der Waals surface area contributed by atoms with E-state index in [-0.39, 0.29) is 25.1 Å². The molecule has 1 heterocycles. The van der Waals surface area contributed by atoms with Gasteiger partial charge < -0.3 is 19.6 Å². The topological polar surface area (TPSA) is 106 Å². The first-order valence-corrected chi connectivity index (χ1v) is 7.36. The van der Waals surface area contributed by atoms with Crippen molar-refractivity contribution in [2.45, 2.75) is 53.1 Å². The third-order valence-electron chi connectivity index (χ3n) is 3.03. The number of carbonyl (C=O) groups is 3. The number of aromatic nitrogens is 1. The van der Waals surface area contributed by atoms with Crippen molar-refractivity contribution in [1.82, 2.24) is 4.98 Å². The van der Waals surface area contributed by atoms with Gasteiger partial charge in [-0.15, -0.1) is 0 Å². The van der Waals surface area contributed by atoms with Gasteiger partial charge in [-0.3, -0.25) is 9.59 Å². The van der Waals surface area contributed by atoms with Crippen molar-refractivity contribution in [2.24, 2.45) is 0 Å². The molecule has 0 saturated heterocycles. The van der Waals surface area contributed by atoms with Crippen LogP contribution in [-0.4, -0.2) is 40.2 Å². The molecule has 0 amide bonds. The van der Waals surface area contributed by atoms with Gasteiger partial charge in [-0.1, -0.05) is 0 Å². The average molecular weight is 325 g/mol. The minimum atomic E-state index is -1.06. The third kappa shape index (κ3) is 5.43. The van der Waals surface area contributed by atoms with Crippen molar-refractivity contribution < 1.29 is 29.0 Å². The van der Waals surface area contributed by atoms with Crippen molar-refractivity contribution in [2.75, 3.05) is 6.61 Å². The molecule has 128 valence electrons. The summed E-state index contributed by atoms with van der Waals surface area (Å²) in [5.41, 5.74) is 0.762. The molecule has 0 radical (unpaired) electrons. The fraction of sp³-hybridized carbons (Fsp3) is 0.562. The van der Waals surface area contributed by atoms with Crippen LogP contribution in [0.25, 0.3) is 0 Å². The maximum atomic E-state index is 12.2. The molecule has 0 unspecified atom stereocenters. The number of hydrogen-bond donors (Lipinski definition) is 2. The summed E-state index contributed by atoms with van der Waals surface area (Å²) in [6.07, 6.45) is -0.417. The van der Waals surface area contributed by atoms with Crippen LogP contribution in [-0.2, 0) is 31.9 Å². The number of esters is 2. The number of carboxylic acid groups (broad SMARTS) is 1. The van der Waals surface area contributed by atoms with Crippen LogP contribution in [0.4, 0.5) is 0 Å².